The van der Waals surface area contributed by atoms with E-state index in [-0.39, 0.29) is 0 Å². The SMILES string of the molecule is CCCCCCCC1CCC(OCCCC2CCC(CCC)CC2)CC1. The predicted molar refractivity (Wildman–Crippen MR) is 115 cm³/mol. The van der Waals surface area contributed by atoms with Gasteiger partial charge in [-0.3, -0.25) is 0 Å². The molecule has 2 rings (SSSR count). The third kappa shape index (κ3) is 9.25. The zero-order valence-corrected chi connectivity index (χ0v) is 18.2. The van der Waals surface area contributed by atoms with Gasteiger partial charge in [0.15, 0.2) is 0 Å². The van der Waals surface area contributed by atoms with E-state index in [1.54, 1.807) is 0 Å². The topological polar surface area (TPSA) is 9.23 Å². The van der Waals surface area contributed by atoms with Gasteiger partial charge in [0, 0.05) is 6.61 Å². The second-order valence-electron chi connectivity index (χ2n) is 9.53. The first-order valence-electron chi connectivity index (χ1n) is 12.4. The summed E-state index contributed by atoms with van der Waals surface area (Å²) in [7, 11) is 0. The van der Waals surface area contributed by atoms with Crippen molar-refractivity contribution in [3.63, 3.8) is 0 Å². The van der Waals surface area contributed by atoms with Crippen LogP contribution in [-0.4, -0.2) is 12.7 Å². The van der Waals surface area contributed by atoms with Crippen molar-refractivity contribution in [2.45, 2.75) is 136 Å². The lowest BCUT2D eigenvalue weighted by molar-refractivity contribution is 0.0131. The summed E-state index contributed by atoms with van der Waals surface area (Å²) >= 11 is 0. The second-order valence-corrected chi connectivity index (χ2v) is 9.53. The minimum atomic E-state index is 0.589. The Bertz CT molecular complexity index is 310. The van der Waals surface area contributed by atoms with Crippen LogP contribution in [0.1, 0.15) is 129 Å². The van der Waals surface area contributed by atoms with Crippen molar-refractivity contribution in [2.24, 2.45) is 17.8 Å². The Morgan fingerprint density at radius 3 is 1.69 bits per heavy atom. The number of hydrogen-bond donors (Lipinski definition) is 0. The molecular weight excluding hydrogens is 316 g/mol. The molecule has 26 heavy (non-hydrogen) atoms. The van der Waals surface area contributed by atoms with E-state index in [4.69, 9.17) is 4.74 Å². The third-order valence-corrected chi connectivity index (χ3v) is 7.28. The summed E-state index contributed by atoms with van der Waals surface area (Å²) in [5.41, 5.74) is 0. The molecule has 2 aliphatic carbocycles. The molecule has 2 fully saturated rings. The van der Waals surface area contributed by atoms with Crippen molar-refractivity contribution in [1.82, 2.24) is 0 Å². The molecule has 0 radical (unpaired) electrons. The van der Waals surface area contributed by atoms with Gasteiger partial charge in [-0.1, -0.05) is 90.9 Å². The standard InChI is InChI=1S/C25H48O/c1-3-5-6-7-8-11-23-17-19-25(20-18-23)26-21-9-12-24-15-13-22(10-4-2)14-16-24/h22-25H,3-21H2,1-2H3. The molecule has 0 amide bonds. The van der Waals surface area contributed by atoms with E-state index in [0.717, 1.165) is 24.4 Å². The molecule has 0 heterocycles. The van der Waals surface area contributed by atoms with E-state index < -0.39 is 0 Å². The molecular formula is C25H48O. The Labute approximate surface area is 165 Å². The fourth-order valence-corrected chi connectivity index (χ4v) is 5.46. The molecule has 0 aliphatic heterocycles. The molecule has 0 bridgehead atoms. The van der Waals surface area contributed by atoms with Crippen LogP contribution in [0.4, 0.5) is 0 Å². The number of hydrogen-bond acceptors (Lipinski definition) is 1. The van der Waals surface area contributed by atoms with Crippen LogP contribution in [0.25, 0.3) is 0 Å². The highest BCUT2D eigenvalue weighted by molar-refractivity contribution is 4.74. The van der Waals surface area contributed by atoms with Gasteiger partial charge in [0.2, 0.25) is 0 Å². The Kier molecular flexibility index (Phi) is 12.0. The summed E-state index contributed by atoms with van der Waals surface area (Å²) in [6, 6.07) is 0. The first-order chi connectivity index (χ1) is 12.8. The molecule has 0 saturated heterocycles. The Morgan fingerprint density at radius 2 is 1.08 bits per heavy atom. The zero-order chi connectivity index (χ0) is 18.5. The molecule has 2 saturated carbocycles. The quantitative estimate of drug-likeness (QED) is 0.298. The van der Waals surface area contributed by atoms with E-state index in [1.807, 2.05) is 0 Å². The first kappa shape index (κ1) is 22.3. The van der Waals surface area contributed by atoms with Crippen molar-refractivity contribution < 1.29 is 4.74 Å². The van der Waals surface area contributed by atoms with Crippen LogP contribution in [0.5, 0.6) is 0 Å². The van der Waals surface area contributed by atoms with Crippen molar-refractivity contribution in [2.75, 3.05) is 6.61 Å². The van der Waals surface area contributed by atoms with Crippen LogP contribution in [0, 0.1) is 17.8 Å². The van der Waals surface area contributed by atoms with Crippen molar-refractivity contribution in [1.29, 1.82) is 0 Å². The van der Waals surface area contributed by atoms with Gasteiger partial charge in [0.05, 0.1) is 6.10 Å². The van der Waals surface area contributed by atoms with Crippen LogP contribution >= 0.6 is 0 Å². The van der Waals surface area contributed by atoms with Gasteiger partial charge in [0.1, 0.15) is 0 Å². The number of rotatable bonds is 13. The van der Waals surface area contributed by atoms with Crippen LogP contribution in [-0.2, 0) is 4.74 Å². The molecule has 0 aromatic carbocycles. The summed E-state index contributed by atoms with van der Waals surface area (Å²) in [5, 5.41) is 0. The molecule has 1 nitrogen and oxygen atoms in total. The Morgan fingerprint density at radius 1 is 0.538 bits per heavy atom. The van der Waals surface area contributed by atoms with Crippen LogP contribution in [0.3, 0.4) is 0 Å². The smallest absolute Gasteiger partial charge is 0.0575 e. The highest BCUT2D eigenvalue weighted by Gasteiger charge is 2.22. The lowest BCUT2D eigenvalue weighted by Gasteiger charge is -2.30. The summed E-state index contributed by atoms with van der Waals surface area (Å²) in [4.78, 5) is 0. The molecule has 0 N–H and O–H groups in total. The first-order valence-corrected chi connectivity index (χ1v) is 12.4. The van der Waals surface area contributed by atoms with Gasteiger partial charge in [-0.25, -0.2) is 0 Å². The maximum absolute atomic E-state index is 6.24. The molecule has 154 valence electrons. The Balaban J connectivity index is 1.42. The molecule has 0 unspecified atom stereocenters. The molecule has 1 heteroatoms. The summed E-state index contributed by atoms with van der Waals surface area (Å²) in [6.45, 7) is 5.67. The van der Waals surface area contributed by atoms with Crippen molar-refractivity contribution in [3.8, 4) is 0 Å². The largest absolute Gasteiger partial charge is 0.378 e. The minimum absolute atomic E-state index is 0.589. The van der Waals surface area contributed by atoms with E-state index in [0.29, 0.717) is 6.10 Å². The number of unbranched alkanes of at least 4 members (excludes halogenated alkanes) is 4. The highest BCUT2D eigenvalue weighted by Crippen LogP contribution is 2.34. The molecule has 0 aromatic rings. The van der Waals surface area contributed by atoms with Crippen molar-refractivity contribution >= 4 is 0 Å². The van der Waals surface area contributed by atoms with Gasteiger partial charge in [-0.05, 0) is 56.3 Å². The third-order valence-electron chi connectivity index (χ3n) is 7.28. The molecule has 2 aliphatic rings. The van der Waals surface area contributed by atoms with Gasteiger partial charge in [-0.15, -0.1) is 0 Å². The predicted octanol–water partition coefficient (Wildman–Crippen LogP) is 8.31. The summed E-state index contributed by atoms with van der Waals surface area (Å²) in [6.07, 6.45) is 26.4. The van der Waals surface area contributed by atoms with Crippen molar-refractivity contribution in [3.05, 3.63) is 0 Å². The maximum atomic E-state index is 6.24. The fraction of sp³-hybridized carbons (Fsp3) is 1.00. The zero-order valence-electron chi connectivity index (χ0n) is 18.2. The lowest BCUT2D eigenvalue weighted by atomic mass is 9.78. The average molecular weight is 365 g/mol. The molecule has 0 atom stereocenters. The van der Waals surface area contributed by atoms with E-state index in [1.165, 1.54) is 116 Å². The van der Waals surface area contributed by atoms with Crippen LogP contribution < -0.4 is 0 Å². The normalized spacial score (nSPS) is 29.8. The average Bonchev–Trinajstić information content (AvgIpc) is 2.68. The molecule has 0 aromatic heterocycles. The minimum Gasteiger partial charge on any atom is -0.378 e. The second kappa shape index (κ2) is 14.0. The van der Waals surface area contributed by atoms with Gasteiger partial charge in [-0.2, -0.15) is 0 Å². The van der Waals surface area contributed by atoms with Gasteiger partial charge >= 0.3 is 0 Å². The van der Waals surface area contributed by atoms with E-state index >= 15 is 0 Å². The van der Waals surface area contributed by atoms with Crippen LogP contribution in [0.15, 0.2) is 0 Å². The van der Waals surface area contributed by atoms with E-state index in [9.17, 15) is 0 Å². The Hall–Kier alpha value is -0.0400. The van der Waals surface area contributed by atoms with E-state index in [2.05, 4.69) is 13.8 Å². The lowest BCUT2D eigenvalue weighted by Crippen LogP contribution is -2.22. The fourth-order valence-electron chi connectivity index (χ4n) is 5.46. The van der Waals surface area contributed by atoms with Crippen LogP contribution in [0.2, 0.25) is 0 Å². The monoisotopic (exact) mass is 364 g/mol. The summed E-state index contributed by atoms with van der Waals surface area (Å²) in [5.74, 6) is 3.07. The highest BCUT2D eigenvalue weighted by atomic mass is 16.5. The molecule has 0 spiro atoms. The number of ether oxygens (including phenoxy) is 1. The maximum Gasteiger partial charge on any atom is 0.0575 e. The summed E-state index contributed by atoms with van der Waals surface area (Å²) < 4.78 is 6.24. The van der Waals surface area contributed by atoms with Gasteiger partial charge in [0.25, 0.3) is 0 Å². The van der Waals surface area contributed by atoms with Gasteiger partial charge < -0.3 is 4.74 Å².